The fourth-order valence-corrected chi connectivity index (χ4v) is 4.02. The van der Waals surface area contributed by atoms with Crippen LogP contribution in [0, 0.1) is 12.3 Å². The normalized spacial score (nSPS) is 19.8. The molecule has 0 bridgehead atoms. The van der Waals surface area contributed by atoms with E-state index in [-0.39, 0.29) is 5.41 Å². The minimum Gasteiger partial charge on any atom is -0.496 e. The molecule has 0 atom stereocenters. The van der Waals surface area contributed by atoms with Gasteiger partial charge in [0.2, 0.25) is 10.0 Å². The Morgan fingerprint density at radius 3 is 2.30 bits per heavy atom. The molecular formula is C15H23NO3S. The van der Waals surface area contributed by atoms with Gasteiger partial charge in [0.1, 0.15) is 5.75 Å². The monoisotopic (exact) mass is 297 g/mol. The van der Waals surface area contributed by atoms with Crippen LogP contribution in [-0.2, 0) is 10.0 Å². The van der Waals surface area contributed by atoms with Crippen molar-refractivity contribution in [2.45, 2.75) is 38.5 Å². The van der Waals surface area contributed by atoms with E-state index in [1.807, 2.05) is 6.92 Å². The summed E-state index contributed by atoms with van der Waals surface area (Å²) in [7, 11) is -1.80. The molecule has 0 amide bonds. The zero-order valence-corrected chi connectivity index (χ0v) is 13.5. The first kappa shape index (κ1) is 15.3. The fraction of sp³-hybridized carbons (Fsp3) is 0.600. The third kappa shape index (κ3) is 2.99. The zero-order valence-electron chi connectivity index (χ0n) is 12.6. The van der Waals surface area contributed by atoms with Crippen LogP contribution in [0.3, 0.4) is 0 Å². The van der Waals surface area contributed by atoms with E-state index in [0.29, 0.717) is 23.7 Å². The summed E-state index contributed by atoms with van der Waals surface area (Å²) in [6.45, 7) is 7.43. The molecule has 0 N–H and O–H groups in total. The second kappa shape index (κ2) is 5.37. The van der Waals surface area contributed by atoms with Crippen molar-refractivity contribution in [1.82, 2.24) is 4.31 Å². The quantitative estimate of drug-likeness (QED) is 0.862. The summed E-state index contributed by atoms with van der Waals surface area (Å²) in [6, 6.07) is 5.03. The van der Waals surface area contributed by atoms with Gasteiger partial charge in [0, 0.05) is 13.1 Å². The van der Waals surface area contributed by atoms with Gasteiger partial charge in [-0.05, 0) is 48.9 Å². The lowest BCUT2D eigenvalue weighted by atomic mass is 9.83. The molecule has 1 aromatic carbocycles. The van der Waals surface area contributed by atoms with E-state index in [1.54, 1.807) is 29.6 Å². The smallest absolute Gasteiger partial charge is 0.243 e. The van der Waals surface area contributed by atoms with Crippen LogP contribution in [0.25, 0.3) is 0 Å². The molecule has 0 radical (unpaired) electrons. The lowest BCUT2D eigenvalue weighted by Crippen LogP contribution is -2.41. The minimum absolute atomic E-state index is 0.238. The molecule has 1 aromatic rings. The van der Waals surface area contributed by atoms with Gasteiger partial charge in [-0.25, -0.2) is 8.42 Å². The second-order valence-corrected chi connectivity index (χ2v) is 8.14. The molecule has 0 saturated carbocycles. The molecule has 0 unspecified atom stereocenters. The molecule has 1 aliphatic heterocycles. The zero-order chi connectivity index (χ0) is 15.0. The van der Waals surface area contributed by atoms with Crippen molar-refractivity contribution in [3.63, 3.8) is 0 Å². The molecule has 112 valence electrons. The van der Waals surface area contributed by atoms with Gasteiger partial charge >= 0.3 is 0 Å². The molecule has 1 aliphatic rings. The van der Waals surface area contributed by atoms with E-state index in [2.05, 4.69) is 13.8 Å². The molecule has 0 spiro atoms. The van der Waals surface area contributed by atoms with E-state index in [9.17, 15) is 8.42 Å². The van der Waals surface area contributed by atoms with E-state index in [1.165, 1.54) is 0 Å². The van der Waals surface area contributed by atoms with Crippen LogP contribution in [0.2, 0.25) is 0 Å². The number of aryl methyl sites for hydroxylation is 1. The van der Waals surface area contributed by atoms with Crippen LogP contribution in [0.5, 0.6) is 5.75 Å². The number of ether oxygens (including phenoxy) is 1. The Morgan fingerprint density at radius 1 is 1.20 bits per heavy atom. The number of nitrogens with zero attached hydrogens (tertiary/aromatic N) is 1. The van der Waals surface area contributed by atoms with E-state index in [0.717, 1.165) is 18.4 Å². The Kier molecular flexibility index (Phi) is 4.12. The maximum absolute atomic E-state index is 12.6. The third-order valence-corrected chi connectivity index (χ3v) is 5.97. The van der Waals surface area contributed by atoms with E-state index >= 15 is 0 Å². The van der Waals surface area contributed by atoms with Gasteiger partial charge in [-0.15, -0.1) is 0 Å². The predicted octanol–water partition coefficient (Wildman–Crippen LogP) is 2.81. The number of methoxy groups -OCH3 is 1. The second-order valence-electron chi connectivity index (χ2n) is 6.20. The number of sulfonamides is 1. The van der Waals surface area contributed by atoms with Crippen molar-refractivity contribution in [2.75, 3.05) is 20.2 Å². The minimum atomic E-state index is -3.38. The molecule has 0 aromatic heterocycles. The van der Waals surface area contributed by atoms with Crippen LogP contribution in [0.4, 0.5) is 0 Å². The summed E-state index contributed by atoms with van der Waals surface area (Å²) in [6.07, 6.45) is 1.81. The molecule has 5 heteroatoms. The number of rotatable bonds is 3. The Labute approximate surface area is 121 Å². The lowest BCUT2D eigenvalue weighted by molar-refractivity contribution is 0.196. The largest absolute Gasteiger partial charge is 0.496 e. The Hall–Kier alpha value is -1.07. The van der Waals surface area contributed by atoms with Crippen LogP contribution in [-0.4, -0.2) is 32.9 Å². The lowest BCUT2D eigenvalue weighted by Gasteiger charge is -2.36. The van der Waals surface area contributed by atoms with Crippen molar-refractivity contribution in [1.29, 1.82) is 0 Å². The highest BCUT2D eigenvalue weighted by molar-refractivity contribution is 7.89. The third-order valence-electron chi connectivity index (χ3n) is 4.08. The van der Waals surface area contributed by atoms with Crippen LogP contribution in [0.1, 0.15) is 32.3 Å². The number of hydrogen-bond donors (Lipinski definition) is 0. The summed E-state index contributed by atoms with van der Waals surface area (Å²) >= 11 is 0. The summed E-state index contributed by atoms with van der Waals surface area (Å²) in [5, 5.41) is 0. The first-order chi connectivity index (χ1) is 9.26. The highest BCUT2D eigenvalue weighted by Gasteiger charge is 2.32. The first-order valence-corrected chi connectivity index (χ1v) is 8.35. The average molecular weight is 297 g/mol. The Morgan fingerprint density at radius 2 is 1.80 bits per heavy atom. The van der Waals surface area contributed by atoms with Gasteiger partial charge in [-0.1, -0.05) is 13.8 Å². The molecule has 20 heavy (non-hydrogen) atoms. The van der Waals surface area contributed by atoms with Gasteiger partial charge in [-0.3, -0.25) is 0 Å². The molecule has 2 rings (SSSR count). The Balaban J connectivity index is 2.25. The first-order valence-electron chi connectivity index (χ1n) is 6.91. The molecule has 1 heterocycles. The number of piperidine rings is 1. The van der Waals surface area contributed by atoms with E-state index in [4.69, 9.17) is 4.74 Å². The summed E-state index contributed by atoms with van der Waals surface area (Å²) in [4.78, 5) is 0.357. The van der Waals surface area contributed by atoms with Crippen molar-refractivity contribution in [3.05, 3.63) is 23.8 Å². The van der Waals surface area contributed by atoms with Crippen molar-refractivity contribution < 1.29 is 13.2 Å². The molecule has 1 saturated heterocycles. The summed E-state index contributed by atoms with van der Waals surface area (Å²) < 4.78 is 32.0. The number of hydrogen-bond acceptors (Lipinski definition) is 3. The maximum atomic E-state index is 12.6. The summed E-state index contributed by atoms with van der Waals surface area (Å²) in [5.41, 5.74) is 1.08. The standard InChI is InChI=1S/C15H23NO3S/c1-12-11-13(5-6-14(12)19-4)20(17,18)16-9-7-15(2,3)8-10-16/h5-6,11H,7-10H2,1-4H3. The predicted molar refractivity (Wildman–Crippen MR) is 79.5 cm³/mol. The average Bonchev–Trinajstić information content (AvgIpc) is 2.38. The Bertz CT molecular complexity index is 583. The van der Waals surface area contributed by atoms with Crippen LogP contribution in [0.15, 0.2) is 23.1 Å². The van der Waals surface area contributed by atoms with Gasteiger partial charge in [-0.2, -0.15) is 4.31 Å². The van der Waals surface area contributed by atoms with Gasteiger partial charge < -0.3 is 4.74 Å². The molecular weight excluding hydrogens is 274 g/mol. The number of benzene rings is 1. The maximum Gasteiger partial charge on any atom is 0.243 e. The molecule has 0 aliphatic carbocycles. The molecule has 1 fully saturated rings. The van der Waals surface area contributed by atoms with Crippen molar-refractivity contribution in [2.24, 2.45) is 5.41 Å². The highest BCUT2D eigenvalue weighted by Crippen LogP contribution is 2.33. The topological polar surface area (TPSA) is 46.6 Å². The van der Waals surface area contributed by atoms with Crippen molar-refractivity contribution >= 4 is 10.0 Å². The van der Waals surface area contributed by atoms with Crippen molar-refractivity contribution in [3.8, 4) is 5.75 Å². The summed E-state index contributed by atoms with van der Waals surface area (Å²) in [5.74, 6) is 0.712. The fourth-order valence-electron chi connectivity index (χ4n) is 2.49. The van der Waals surface area contributed by atoms with Gasteiger partial charge in [0.15, 0.2) is 0 Å². The van der Waals surface area contributed by atoms with E-state index < -0.39 is 10.0 Å². The van der Waals surface area contributed by atoms with Crippen LogP contribution < -0.4 is 4.74 Å². The van der Waals surface area contributed by atoms with Crippen LogP contribution >= 0.6 is 0 Å². The van der Waals surface area contributed by atoms with Gasteiger partial charge in [0.05, 0.1) is 12.0 Å². The molecule has 4 nitrogen and oxygen atoms in total. The van der Waals surface area contributed by atoms with Gasteiger partial charge in [0.25, 0.3) is 0 Å². The highest BCUT2D eigenvalue weighted by atomic mass is 32.2. The SMILES string of the molecule is COc1ccc(S(=O)(=O)N2CCC(C)(C)CC2)cc1C.